The molecule has 0 fully saturated rings. The first kappa shape index (κ1) is 17.9. The van der Waals surface area contributed by atoms with Gasteiger partial charge in [0.15, 0.2) is 0 Å². The van der Waals surface area contributed by atoms with E-state index >= 15 is 0 Å². The first-order valence-corrected chi connectivity index (χ1v) is 8.31. The minimum absolute atomic E-state index is 0.00815. The van der Waals surface area contributed by atoms with Crippen LogP contribution in [0.15, 0.2) is 16.6 Å². The van der Waals surface area contributed by atoms with Crippen molar-refractivity contribution in [3.63, 3.8) is 0 Å². The lowest BCUT2D eigenvalue weighted by Crippen LogP contribution is -2.30. The summed E-state index contributed by atoms with van der Waals surface area (Å²) in [6.45, 7) is 10.1. The molecule has 1 aromatic rings. The average molecular weight is 366 g/mol. The van der Waals surface area contributed by atoms with Crippen LogP contribution in [-0.2, 0) is 0 Å². The summed E-state index contributed by atoms with van der Waals surface area (Å²) in [5.74, 6) is -0.327. The fourth-order valence-electron chi connectivity index (χ4n) is 2.28. The molecule has 0 spiro atoms. The first-order chi connectivity index (χ1) is 9.54. The molecule has 1 N–H and O–H groups in total. The maximum atomic E-state index is 14.3. The smallest absolute Gasteiger partial charge is 0.147 e. The monoisotopic (exact) mass is 364 g/mol. The predicted octanol–water partition coefficient (Wildman–Crippen LogP) is 4.62. The molecule has 1 atom stereocenters. The van der Waals surface area contributed by atoms with Crippen LogP contribution in [0.1, 0.15) is 38.8 Å². The second-order valence-electron chi connectivity index (χ2n) is 4.69. The summed E-state index contributed by atoms with van der Waals surface area (Å²) in [6, 6.07) is 3.61. The molecule has 114 valence electrons. The minimum atomic E-state index is -0.327. The Morgan fingerprint density at radius 2 is 1.95 bits per heavy atom. The number of hydrogen-bond donors (Lipinski definition) is 1. The molecule has 1 rings (SSSR count). The highest BCUT2D eigenvalue weighted by atomic mass is 79.9. The summed E-state index contributed by atoms with van der Waals surface area (Å²) < 4.78 is 14.9. The van der Waals surface area contributed by atoms with E-state index in [1.54, 1.807) is 6.07 Å². The van der Waals surface area contributed by atoms with Crippen molar-refractivity contribution < 1.29 is 4.39 Å². The Hall–Kier alpha value is -0.160. The Kier molecular flexibility index (Phi) is 8.03. The van der Waals surface area contributed by atoms with E-state index < -0.39 is 0 Å². The van der Waals surface area contributed by atoms with E-state index in [-0.39, 0.29) is 16.9 Å². The topological polar surface area (TPSA) is 15.3 Å². The van der Waals surface area contributed by atoms with Crippen LogP contribution < -0.4 is 5.32 Å². The van der Waals surface area contributed by atoms with Crippen molar-refractivity contribution in [1.29, 1.82) is 0 Å². The molecule has 0 aromatic heterocycles. The van der Waals surface area contributed by atoms with Gasteiger partial charge in [-0.2, -0.15) is 0 Å². The lowest BCUT2D eigenvalue weighted by atomic mass is 10.0. The summed E-state index contributed by atoms with van der Waals surface area (Å²) >= 11 is 9.24. The molecule has 0 bridgehead atoms. The van der Waals surface area contributed by atoms with Gasteiger partial charge in [0.25, 0.3) is 0 Å². The number of nitrogens with one attached hydrogen (secondary N) is 1. The van der Waals surface area contributed by atoms with E-state index in [1.807, 2.05) is 13.0 Å². The number of nitrogens with zero attached hydrogens (tertiary/aromatic N) is 1. The maximum absolute atomic E-state index is 14.3. The van der Waals surface area contributed by atoms with Crippen molar-refractivity contribution in [2.75, 3.05) is 26.2 Å². The van der Waals surface area contributed by atoms with Crippen LogP contribution >= 0.6 is 27.5 Å². The third-order valence-corrected chi connectivity index (χ3v) is 4.78. The first-order valence-electron chi connectivity index (χ1n) is 7.14. The highest BCUT2D eigenvalue weighted by Crippen LogP contribution is 2.31. The van der Waals surface area contributed by atoms with Crippen molar-refractivity contribution >= 4 is 27.5 Å². The minimum Gasteiger partial charge on any atom is -0.310 e. The van der Waals surface area contributed by atoms with Gasteiger partial charge in [-0.25, -0.2) is 4.39 Å². The van der Waals surface area contributed by atoms with Crippen molar-refractivity contribution in [3.05, 3.63) is 33.0 Å². The molecule has 0 saturated heterocycles. The lowest BCUT2D eigenvalue weighted by Gasteiger charge is -2.24. The van der Waals surface area contributed by atoms with E-state index in [0.717, 1.165) is 32.6 Å². The summed E-state index contributed by atoms with van der Waals surface area (Å²) in [4.78, 5) is 2.34. The van der Waals surface area contributed by atoms with Gasteiger partial charge >= 0.3 is 0 Å². The molecule has 0 amide bonds. The third-order valence-electron chi connectivity index (χ3n) is 3.52. The van der Waals surface area contributed by atoms with Gasteiger partial charge < -0.3 is 10.2 Å². The van der Waals surface area contributed by atoms with Gasteiger partial charge in [-0.15, -0.1) is 0 Å². The molecule has 0 aliphatic carbocycles. The largest absolute Gasteiger partial charge is 0.310 e. The Morgan fingerprint density at radius 1 is 1.30 bits per heavy atom. The van der Waals surface area contributed by atoms with Gasteiger partial charge in [0.1, 0.15) is 5.82 Å². The summed E-state index contributed by atoms with van der Waals surface area (Å²) in [7, 11) is 0. The molecule has 0 saturated carbocycles. The number of rotatable bonds is 8. The molecule has 0 heterocycles. The van der Waals surface area contributed by atoms with Crippen LogP contribution in [0.25, 0.3) is 0 Å². The van der Waals surface area contributed by atoms with E-state index in [9.17, 15) is 4.39 Å². The molecule has 2 nitrogen and oxygen atoms in total. The Morgan fingerprint density at radius 3 is 2.50 bits per heavy atom. The zero-order chi connectivity index (χ0) is 15.1. The van der Waals surface area contributed by atoms with Crippen molar-refractivity contribution in [3.8, 4) is 0 Å². The second kappa shape index (κ2) is 8.98. The zero-order valence-electron chi connectivity index (χ0n) is 12.3. The standard InChI is InChI=1S/C15H23BrClFN2/c1-4-19-13(9-10-20(5-2)6-3)11-7-8-12(16)14(17)15(11)18/h7-8,13,19H,4-6,9-10H2,1-3H3. The van der Waals surface area contributed by atoms with E-state index in [1.165, 1.54) is 0 Å². The van der Waals surface area contributed by atoms with Crippen LogP contribution in [0.2, 0.25) is 5.02 Å². The van der Waals surface area contributed by atoms with Crippen LogP contribution in [0.3, 0.4) is 0 Å². The van der Waals surface area contributed by atoms with Crippen LogP contribution in [0.4, 0.5) is 4.39 Å². The van der Waals surface area contributed by atoms with Crippen LogP contribution in [0, 0.1) is 5.82 Å². The Labute approximate surface area is 134 Å². The zero-order valence-corrected chi connectivity index (χ0v) is 14.7. The normalized spacial score (nSPS) is 12.9. The van der Waals surface area contributed by atoms with Crippen molar-refractivity contribution in [2.24, 2.45) is 0 Å². The molecule has 0 radical (unpaired) electrons. The van der Waals surface area contributed by atoms with Gasteiger partial charge in [0.05, 0.1) is 5.02 Å². The highest BCUT2D eigenvalue weighted by molar-refractivity contribution is 9.10. The van der Waals surface area contributed by atoms with E-state index in [2.05, 4.69) is 40.0 Å². The lowest BCUT2D eigenvalue weighted by molar-refractivity contribution is 0.281. The Bertz CT molecular complexity index is 425. The maximum Gasteiger partial charge on any atom is 0.147 e. The number of hydrogen-bond acceptors (Lipinski definition) is 2. The van der Waals surface area contributed by atoms with Crippen molar-refractivity contribution in [2.45, 2.75) is 33.2 Å². The number of benzene rings is 1. The number of halogens is 3. The molecular formula is C15H23BrClFN2. The third kappa shape index (κ3) is 4.69. The second-order valence-corrected chi connectivity index (χ2v) is 5.92. The molecule has 0 aliphatic heterocycles. The summed E-state index contributed by atoms with van der Waals surface area (Å²) in [6.07, 6.45) is 0.865. The fourth-order valence-corrected chi connectivity index (χ4v) is 2.75. The van der Waals surface area contributed by atoms with Gasteiger partial charge in [-0.3, -0.25) is 0 Å². The van der Waals surface area contributed by atoms with Gasteiger partial charge in [0, 0.05) is 16.1 Å². The molecular weight excluding hydrogens is 343 g/mol. The highest BCUT2D eigenvalue weighted by Gasteiger charge is 2.19. The molecule has 20 heavy (non-hydrogen) atoms. The SMILES string of the molecule is CCNC(CCN(CC)CC)c1ccc(Br)c(Cl)c1F. The van der Waals surface area contributed by atoms with Crippen LogP contribution in [-0.4, -0.2) is 31.1 Å². The Balaban J connectivity index is 2.88. The molecule has 5 heteroatoms. The van der Waals surface area contributed by atoms with Crippen LogP contribution in [0.5, 0.6) is 0 Å². The van der Waals surface area contributed by atoms with E-state index in [0.29, 0.717) is 10.0 Å². The fraction of sp³-hybridized carbons (Fsp3) is 0.600. The quantitative estimate of drug-likeness (QED) is 0.676. The van der Waals surface area contributed by atoms with Gasteiger partial charge in [0.2, 0.25) is 0 Å². The molecule has 0 aliphatic rings. The molecule has 1 aromatic carbocycles. The van der Waals surface area contributed by atoms with Crippen molar-refractivity contribution in [1.82, 2.24) is 10.2 Å². The summed E-state index contributed by atoms with van der Waals surface area (Å²) in [5.41, 5.74) is 0.646. The summed E-state index contributed by atoms with van der Waals surface area (Å²) in [5, 5.41) is 3.51. The van der Waals surface area contributed by atoms with E-state index in [4.69, 9.17) is 11.6 Å². The van der Waals surface area contributed by atoms with Gasteiger partial charge in [-0.1, -0.05) is 38.4 Å². The van der Waals surface area contributed by atoms with Gasteiger partial charge in [-0.05, 0) is 54.6 Å². The molecule has 1 unspecified atom stereocenters. The predicted molar refractivity (Wildman–Crippen MR) is 87.9 cm³/mol. The average Bonchev–Trinajstić information content (AvgIpc) is 2.45.